The van der Waals surface area contributed by atoms with E-state index in [2.05, 4.69) is 35.7 Å². The summed E-state index contributed by atoms with van der Waals surface area (Å²) < 4.78 is 35.9. The third-order valence-corrected chi connectivity index (χ3v) is 8.74. The van der Waals surface area contributed by atoms with Gasteiger partial charge in [0.15, 0.2) is 5.75 Å². The second-order valence-electron chi connectivity index (χ2n) is 12.6. The lowest BCUT2D eigenvalue weighted by atomic mass is 10.0. The second kappa shape index (κ2) is 16.2. The second-order valence-corrected chi connectivity index (χ2v) is 12.6. The molecule has 0 saturated heterocycles. The molecule has 5 rings (SSSR count). The largest absolute Gasteiger partial charge is 0.587 e. The maximum absolute atomic E-state index is 13.5. The van der Waals surface area contributed by atoms with Gasteiger partial charge in [0.2, 0.25) is 11.8 Å². The zero-order valence-electron chi connectivity index (χ0n) is 28.0. The summed E-state index contributed by atoms with van der Waals surface area (Å²) in [6.07, 6.45) is 5.08. The van der Waals surface area contributed by atoms with Gasteiger partial charge < -0.3 is 30.7 Å². The highest BCUT2D eigenvalue weighted by atomic mass is 19.3. The Labute approximate surface area is 285 Å². The lowest BCUT2D eigenvalue weighted by molar-refractivity contribution is -0.287. The third kappa shape index (κ3) is 9.50. The number of unbranched alkanes of at least 4 members (excludes halogenated alkanes) is 6. The number of pyridine rings is 2. The molecule has 1 fully saturated rings. The van der Waals surface area contributed by atoms with Gasteiger partial charge in [-0.1, -0.05) is 50.3 Å². The predicted molar refractivity (Wildman–Crippen MR) is 181 cm³/mol. The van der Waals surface area contributed by atoms with Crippen LogP contribution in [0.1, 0.15) is 85.8 Å². The molecule has 4 N–H and O–H groups in total. The molecule has 1 aliphatic heterocycles. The van der Waals surface area contributed by atoms with Crippen LogP contribution in [0.5, 0.6) is 11.6 Å². The predicted octanol–water partition coefficient (Wildman–Crippen LogP) is 5.63. The first-order chi connectivity index (χ1) is 23.6. The van der Waals surface area contributed by atoms with Crippen LogP contribution in [0.25, 0.3) is 11.3 Å². The van der Waals surface area contributed by atoms with Crippen LogP contribution in [0.15, 0.2) is 48.5 Å². The topological polar surface area (TPSA) is 144 Å². The van der Waals surface area contributed by atoms with Crippen LogP contribution >= 0.6 is 0 Å². The van der Waals surface area contributed by atoms with E-state index in [1.807, 2.05) is 26.1 Å². The molecule has 1 saturated carbocycles. The Kier molecular flexibility index (Phi) is 11.8. The molecule has 49 heavy (non-hydrogen) atoms. The summed E-state index contributed by atoms with van der Waals surface area (Å²) in [4.78, 5) is 46.8. The van der Waals surface area contributed by atoms with Gasteiger partial charge in [-0.15, -0.1) is 8.78 Å². The Morgan fingerprint density at radius 3 is 2.27 bits per heavy atom. The summed E-state index contributed by atoms with van der Waals surface area (Å²) in [5.41, 5.74) is 2.08. The van der Waals surface area contributed by atoms with Crippen molar-refractivity contribution in [2.45, 2.75) is 82.8 Å². The number of hydrogen-bond donors (Lipinski definition) is 4. The van der Waals surface area contributed by atoms with Gasteiger partial charge in [-0.2, -0.15) is 0 Å². The van der Waals surface area contributed by atoms with Gasteiger partial charge in [-0.3, -0.25) is 14.4 Å². The number of nitrogens with zero attached hydrogens (tertiary/aromatic N) is 2. The number of aryl methyl sites for hydroxylation is 1. The standard InChI is InChI=1S/C36H44F2N6O5/c1-24-13-16-29(44-34(47)35(18-19-35)28-15-14-27-33(42-28)49-36(37,38)48-27)43-31(24)25-11-10-12-26(23-25)32(46)41-21-9-7-5-3-4-6-8-20-40-30(45)17-22-39-2/h10-16,23,39H,3-9,17-22H2,1-2H3,(H,40,45)(H,41,46)(H,43,44,47). The summed E-state index contributed by atoms with van der Waals surface area (Å²) in [6, 6.07) is 13.6. The van der Waals surface area contributed by atoms with Crippen molar-refractivity contribution in [3.8, 4) is 22.9 Å². The Morgan fingerprint density at radius 1 is 0.837 bits per heavy atom. The number of alkyl halides is 2. The van der Waals surface area contributed by atoms with Crippen LogP contribution < -0.4 is 30.7 Å². The molecule has 3 heterocycles. The number of fused-ring (bicyclic) bond motifs is 1. The van der Waals surface area contributed by atoms with E-state index in [-0.39, 0.29) is 29.4 Å². The molecule has 1 aliphatic carbocycles. The number of amides is 3. The summed E-state index contributed by atoms with van der Waals surface area (Å²) in [5.74, 6) is -0.612. The van der Waals surface area contributed by atoms with E-state index < -0.39 is 11.7 Å². The molecule has 3 amide bonds. The van der Waals surface area contributed by atoms with Gasteiger partial charge in [0.05, 0.1) is 16.8 Å². The molecule has 1 aromatic carbocycles. The van der Waals surface area contributed by atoms with E-state index in [1.54, 1.807) is 24.3 Å². The minimum atomic E-state index is -3.79. The molecule has 0 bridgehead atoms. The Hall–Kier alpha value is -4.65. The van der Waals surface area contributed by atoms with Crippen molar-refractivity contribution in [1.29, 1.82) is 0 Å². The number of hydrogen-bond acceptors (Lipinski definition) is 8. The molecule has 0 unspecified atom stereocenters. The first-order valence-corrected chi connectivity index (χ1v) is 17.0. The number of anilines is 1. The van der Waals surface area contributed by atoms with Crippen LogP contribution in [0.4, 0.5) is 14.6 Å². The summed E-state index contributed by atoms with van der Waals surface area (Å²) >= 11 is 0. The van der Waals surface area contributed by atoms with Gasteiger partial charge in [0, 0.05) is 37.2 Å². The van der Waals surface area contributed by atoms with Crippen molar-refractivity contribution < 1.29 is 32.6 Å². The van der Waals surface area contributed by atoms with Crippen molar-refractivity contribution >= 4 is 23.5 Å². The van der Waals surface area contributed by atoms with Crippen LogP contribution in [0.2, 0.25) is 0 Å². The molecular formula is C36H44F2N6O5. The van der Waals surface area contributed by atoms with E-state index in [1.165, 1.54) is 12.1 Å². The monoisotopic (exact) mass is 678 g/mol. The normalized spacial score (nSPS) is 15.0. The van der Waals surface area contributed by atoms with Crippen molar-refractivity contribution in [2.24, 2.45) is 0 Å². The average Bonchev–Trinajstić information content (AvgIpc) is 3.84. The number of carbonyl (C=O) groups is 3. The van der Waals surface area contributed by atoms with E-state index in [0.29, 0.717) is 55.1 Å². The van der Waals surface area contributed by atoms with Gasteiger partial charge in [0.1, 0.15) is 5.82 Å². The highest BCUT2D eigenvalue weighted by Gasteiger charge is 2.54. The van der Waals surface area contributed by atoms with Crippen LogP contribution in [0.3, 0.4) is 0 Å². The highest BCUT2D eigenvalue weighted by Crippen LogP contribution is 2.50. The molecule has 0 spiro atoms. The molecule has 0 radical (unpaired) electrons. The zero-order chi connectivity index (χ0) is 34.9. The van der Waals surface area contributed by atoms with Crippen LogP contribution in [-0.2, 0) is 15.0 Å². The summed E-state index contributed by atoms with van der Waals surface area (Å²) in [5, 5.41) is 11.8. The molecule has 2 aliphatic rings. The molecule has 13 heteroatoms. The Bertz CT molecular complexity index is 1650. The summed E-state index contributed by atoms with van der Waals surface area (Å²) in [6.45, 7) is 3.91. The summed E-state index contributed by atoms with van der Waals surface area (Å²) in [7, 11) is 1.83. The Balaban J connectivity index is 1.07. The number of benzene rings is 1. The number of rotatable bonds is 18. The minimum Gasteiger partial charge on any atom is -0.393 e. The lowest BCUT2D eigenvalue weighted by Crippen LogP contribution is -2.29. The maximum atomic E-state index is 13.5. The Morgan fingerprint density at radius 2 is 1.55 bits per heavy atom. The molecule has 262 valence electrons. The highest BCUT2D eigenvalue weighted by molar-refractivity contribution is 6.01. The van der Waals surface area contributed by atoms with Gasteiger partial charge >= 0.3 is 6.29 Å². The van der Waals surface area contributed by atoms with Crippen molar-refractivity contribution in [3.63, 3.8) is 0 Å². The zero-order valence-corrected chi connectivity index (χ0v) is 28.0. The van der Waals surface area contributed by atoms with E-state index in [0.717, 1.165) is 62.6 Å². The fraction of sp³-hybridized carbons (Fsp3) is 0.472. The maximum Gasteiger partial charge on any atom is 0.587 e. The lowest BCUT2D eigenvalue weighted by Gasteiger charge is -2.16. The minimum absolute atomic E-state index is 0.0900. The first kappa shape index (κ1) is 35.7. The number of nitrogens with one attached hydrogen (secondary N) is 4. The van der Waals surface area contributed by atoms with Crippen molar-refractivity contribution in [3.05, 3.63) is 65.4 Å². The molecule has 0 atom stereocenters. The van der Waals surface area contributed by atoms with Gasteiger partial charge in [-0.25, -0.2) is 9.97 Å². The molecule has 3 aromatic rings. The number of ether oxygens (including phenoxy) is 2. The van der Waals surface area contributed by atoms with Gasteiger partial charge in [0.25, 0.3) is 11.8 Å². The first-order valence-electron chi connectivity index (χ1n) is 17.0. The fourth-order valence-electron chi connectivity index (χ4n) is 5.76. The number of aromatic nitrogens is 2. The number of halogens is 2. The molecule has 11 nitrogen and oxygen atoms in total. The van der Waals surface area contributed by atoms with E-state index >= 15 is 0 Å². The smallest absolute Gasteiger partial charge is 0.393 e. The van der Waals surface area contributed by atoms with E-state index in [9.17, 15) is 23.2 Å². The van der Waals surface area contributed by atoms with E-state index in [4.69, 9.17) is 4.98 Å². The van der Waals surface area contributed by atoms with Crippen LogP contribution in [0, 0.1) is 6.92 Å². The molecular weight excluding hydrogens is 634 g/mol. The van der Waals surface area contributed by atoms with Crippen molar-refractivity contribution in [1.82, 2.24) is 25.9 Å². The van der Waals surface area contributed by atoms with Crippen LogP contribution in [-0.4, -0.2) is 60.7 Å². The van der Waals surface area contributed by atoms with Crippen molar-refractivity contribution in [2.75, 3.05) is 32.0 Å². The van der Waals surface area contributed by atoms with Gasteiger partial charge in [-0.05, 0) is 75.5 Å². The SMILES string of the molecule is CNCCC(=O)NCCCCCCCCCNC(=O)c1cccc(-c2nc(NC(=O)C3(c4ccc5c(n4)OC(F)(F)O5)CC3)ccc2C)c1. The fourth-order valence-corrected chi connectivity index (χ4v) is 5.76. The quantitative estimate of drug-likeness (QED) is 0.127. The molecule has 2 aromatic heterocycles. The number of carbonyl (C=O) groups excluding carboxylic acids is 3. The third-order valence-electron chi connectivity index (χ3n) is 8.74. The average molecular weight is 679 g/mol.